The number of nitrogen functional groups attached to an aromatic ring is 1. The molecule has 1 aliphatic heterocycles. The topological polar surface area (TPSA) is 87.3 Å². The van der Waals surface area contributed by atoms with E-state index < -0.39 is 0 Å². The van der Waals surface area contributed by atoms with Gasteiger partial charge >= 0.3 is 0 Å². The van der Waals surface area contributed by atoms with E-state index in [1.807, 2.05) is 6.92 Å². The van der Waals surface area contributed by atoms with E-state index in [1.54, 1.807) is 0 Å². The number of rotatable bonds is 5. The van der Waals surface area contributed by atoms with Crippen LogP contribution >= 0.6 is 0 Å². The SMILES string of the molecule is Cc1c(NN)nc(C2CC2)nc1N1CCC(CCO)C1. The largest absolute Gasteiger partial charge is 0.396 e. The van der Waals surface area contributed by atoms with Crippen molar-refractivity contribution >= 4 is 11.6 Å². The monoisotopic (exact) mass is 277 g/mol. The van der Waals surface area contributed by atoms with Crippen LogP contribution in [-0.2, 0) is 0 Å². The fourth-order valence-electron chi connectivity index (χ4n) is 2.94. The predicted molar refractivity (Wildman–Crippen MR) is 78.6 cm³/mol. The highest BCUT2D eigenvalue weighted by molar-refractivity contribution is 5.59. The molecule has 110 valence electrons. The first-order valence-corrected chi connectivity index (χ1v) is 7.44. The van der Waals surface area contributed by atoms with E-state index in [9.17, 15) is 0 Å². The predicted octanol–water partition coefficient (Wildman–Crippen LogP) is 1.16. The lowest BCUT2D eigenvalue weighted by Crippen LogP contribution is -2.24. The molecule has 1 aromatic heterocycles. The van der Waals surface area contributed by atoms with Gasteiger partial charge in [-0.15, -0.1) is 0 Å². The Labute approximate surface area is 119 Å². The summed E-state index contributed by atoms with van der Waals surface area (Å²) in [6, 6.07) is 0. The summed E-state index contributed by atoms with van der Waals surface area (Å²) in [7, 11) is 0. The minimum absolute atomic E-state index is 0.268. The Morgan fingerprint density at radius 1 is 1.35 bits per heavy atom. The maximum absolute atomic E-state index is 9.07. The van der Waals surface area contributed by atoms with Crippen LogP contribution in [0.3, 0.4) is 0 Å². The van der Waals surface area contributed by atoms with Crippen LogP contribution < -0.4 is 16.2 Å². The van der Waals surface area contributed by atoms with E-state index in [2.05, 4.69) is 15.3 Å². The van der Waals surface area contributed by atoms with Crippen molar-refractivity contribution in [3.63, 3.8) is 0 Å². The van der Waals surface area contributed by atoms with Gasteiger partial charge in [0.1, 0.15) is 17.5 Å². The van der Waals surface area contributed by atoms with Crippen LogP contribution in [0, 0.1) is 12.8 Å². The summed E-state index contributed by atoms with van der Waals surface area (Å²) in [6.07, 6.45) is 4.35. The number of anilines is 2. The van der Waals surface area contributed by atoms with Gasteiger partial charge in [0.2, 0.25) is 0 Å². The van der Waals surface area contributed by atoms with Crippen molar-refractivity contribution in [1.82, 2.24) is 9.97 Å². The molecule has 1 unspecified atom stereocenters. The third-order valence-electron chi connectivity index (χ3n) is 4.34. The van der Waals surface area contributed by atoms with Crippen molar-refractivity contribution in [3.05, 3.63) is 11.4 Å². The molecule has 6 heteroatoms. The maximum Gasteiger partial charge on any atom is 0.148 e. The smallest absolute Gasteiger partial charge is 0.148 e. The Bertz CT molecular complexity index is 489. The van der Waals surface area contributed by atoms with Crippen LogP contribution in [0.5, 0.6) is 0 Å². The Morgan fingerprint density at radius 2 is 2.15 bits per heavy atom. The number of aliphatic hydroxyl groups excluding tert-OH is 1. The summed E-state index contributed by atoms with van der Waals surface area (Å²) in [6.45, 7) is 4.24. The summed E-state index contributed by atoms with van der Waals surface area (Å²) in [4.78, 5) is 11.6. The molecule has 3 rings (SSSR count). The Morgan fingerprint density at radius 3 is 2.80 bits per heavy atom. The lowest BCUT2D eigenvalue weighted by molar-refractivity contribution is 0.263. The highest BCUT2D eigenvalue weighted by Crippen LogP contribution is 2.40. The van der Waals surface area contributed by atoms with Gasteiger partial charge in [-0.3, -0.25) is 0 Å². The number of aliphatic hydroxyl groups is 1. The van der Waals surface area contributed by atoms with E-state index in [0.717, 1.165) is 49.0 Å². The fraction of sp³-hybridized carbons (Fsp3) is 0.714. The van der Waals surface area contributed by atoms with Gasteiger partial charge in [0.25, 0.3) is 0 Å². The first kappa shape index (κ1) is 13.6. The first-order chi connectivity index (χ1) is 9.72. The second-order valence-electron chi connectivity index (χ2n) is 5.91. The van der Waals surface area contributed by atoms with Gasteiger partial charge in [0.15, 0.2) is 0 Å². The van der Waals surface area contributed by atoms with Crippen molar-refractivity contribution in [2.75, 3.05) is 30.0 Å². The Balaban J connectivity index is 1.86. The average Bonchev–Trinajstić information content (AvgIpc) is 3.20. The number of nitrogens with two attached hydrogens (primary N) is 1. The second-order valence-corrected chi connectivity index (χ2v) is 5.91. The molecule has 0 spiro atoms. The zero-order chi connectivity index (χ0) is 14.1. The lowest BCUT2D eigenvalue weighted by atomic mass is 10.1. The summed E-state index contributed by atoms with van der Waals surface area (Å²) in [5.74, 6) is 9.33. The van der Waals surface area contributed by atoms with Gasteiger partial charge in [0, 0.05) is 31.2 Å². The molecular weight excluding hydrogens is 254 g/mol. The maximum atomic E-state index is 9.07. The minimum Gasteiger partial charge on any atom is -0.396 e. The molecule has 0 amide bonds. The van der Waals surface area contributed by atoms with E-state index >= 15 is 0 Å². The van der Waals surface area contributed by atoms with Crippen molar-refractivity contribution in [2.24, 2.45) is 11.8 Å². The van der Waals surface area contributed by atoms with Gasteiger partial charge in [-0.25, -0.2) is 15.8 Å². The van der Waals surface area contributed by atoms with E-state index in [0.29, 0.717) is 11.8 Å². The number of nitrogens with one attached hydrogen (secondary N) is 1. The van der Waals surface area contributed by atoms with Crippen LogP contribution in [0.1, 0.15) is 43.0 Å². The third-order valence-corrected chi connectivity index (χ3v) is 4.34. The van der Waals surface area contributed by atoms with E-state index in [1.165, 1.54) is 12.8 Å². The molecule has 2 heterocycles. The van der Waals surface area contributed by atoms with Crippen LogP contribution in [0.25, 0.3) is 0 Å². The van der Waals surface area contributed by atoms with Crippen LogP contribution in [-0.4, -0.2) is 34.8 Å². The van der Waals surface area contributed by atoms with Gasteiger partial charge in [-0.05, 0) is 38.5 Å². The molecule has 2 aliphatic rings. The van der Waals surface area contributed by atoms with Crippen LogP contribution in [0.4, 0.5) is 11.6 Å². The molecule has 0 bridgehead atoms. The number of hydrazine groups is 1. The first-order valence-electron chi connectivity index (χ1n) is 7.44. The van der Waals surface area contributed by atoms with Gasteiger partial charge in [-0.2, -0.15) is 0 Å². The van der Waals surface area contributed by atoms with E-state index in [4.69, 9.17) is 15.9 Å². The molecule has 2 fully saturated rings. The number of aromatic nitrogens is 2. The zero-order valence-corrected chi connectivity index (χ0v) is 12.0. The molecule has 1 aliphatic carbocycles. The fourth-order valence-corrected chi connectivity index (χ4v) is 2.94. The van der Waals surface area contributed by atoms with Crippen molar-refractivity contribution < 1.29 is 5.11 Å². The van der Waals surface area contributed by atoms with Crippen molar-refractivity contribution in [1.29, 1.82) is 0 Å². The standard InChI is InChI=1S/C14H23N5O/c1-9-12(18-15)16-13(11-2-3-11)17-14(9)19-6-4-10(8-19)5-7-20/h10-11,20H,2-8,15H2,1H3,(H,16,17,18). The molecule has 1 saturated heterocycles. The summed E-state index contributed by atoms with van der Waals surface area (Å²) in [5.41, 5.74) is 3.72. The molecule has 4 N–H and O–H groups in total. The van der Waals surface area contributed by atoms with E-state index in [-0.39, 0.29) is 6.61 Å². The van der Waals surface area contributed by atoms with Crippen LogP contribution in [0.2, 0.25) is 0 Å². The summed E-state index contributed by atoms with van der Waals surface area (Å²) < 4.78 is 0. The molecule has 1 saturated carbocycles. The normalized spacial score (nSPS) is 22.4. The minimum atomic E-state index is 0.268. The average molecular weight is 277 g/mol. The molecule has 1 atom stereocenters. The Kier molecular flexibility index (Phi) is 3.76. The number of nitrogens with zero attached hydrogens (tertiary/aromatic N) is 3. The van der Waals surface area contributed by atoms with Gasteiger partial charge in [0.05, 0.1) is 0 Å². The quantitative estimate of drug-likeness (QED) is 0.553. The molecule has 1 aromatic rings. The number of hydrogen-bond acceptors (Lipinski definition) is 6. The molecule has 20 heavy (non-hydrogen) atoms. The van der Waals surface area contributed by atoms with Gasteiger partial charge < -0.3 is 15.4 Å². The molecule has 0 radical (unpaired) electrons. The number of hydrogen-bond donors (Lipinski definition) is 3. The van der Waals surface area contributed by atoms with Crippen molar-refractivity contribution in [2.45, 2.75) is 38.5 Å². The lowest BCUT2D eigenvalue weighted by Gasteiger charge is -2.21. The van der Waals surface area contributed by atoms with Gasteiger partial charge in [-0.1, -0.05) is 0 Å². The third kappa shape index (κ3) is 2.58. The Hall–Kier alpha value is -1.40. The highest BCUT2D eigenvalue weighted by Gasteiger charge is 2.30. The van der Waals surface area contributed by atoms with Crippen LogP contribution in [0.15, 0.2) is 0 Å². The molecular formula is C14H23N5O. The second kappa shape index (κ2) is 5.54. The van der Waals surface area contributed by atoms with Crippen molar-refractivity contribution in [3.8, 4) is 0 Å². The molecule has 6 nitrogen and oxygen atoms in total. The summed E-state index contributed by atoms with van der Waals surface area (Å²) in [5, 5.41) is 9.07. The zero-order valence-electron chi connectivity index (χ0n) is 12.0. The summed E-state index contributed by atoms with van der Waals surface area (Å²) >= 11 is 0. The highest BCUT2D eigenvalue weighted by atomic mass is 16.3. The molecule has 0 aromatic carbocycles.